The molecule has 0 spiro atoms. The van der Waals surface area contributed by atoms with Gasteiger partial charge in [-0.05, 0) is 30.6 Å². The van der Waals surface area contributed by atoms with Gasteiger partial charge in [-0.2, -0.15) is 0 Å². The second-order valence-corrected chi connectivity index (χ2v) is 8.10. The zero-order valence-electron chi connectivity index (χ0n) is 15.7. The third kappa shape index (κ3) is 5.26. The molecule has 0 aliphatic heterocycles. The maximum absolute atomic E-state index is 14.0. The topological polar surface area (TPSA) is 36.4 Å². The minimum atomic E-state index is -0.707. The molecule has 28 heavy (non-hydrogen) atoms. The Morgan fingerprint density at radius 3 is 2.57 bits per heavy atom. The van der Waals surface area contributed by atoms with E-state index in [0.717, 1.165) is 35.4 Å². The SMILES string of the molecule is CCN(CC)CCN(C(=O)Cc1cccs1)c1nc2c(F)cc(F)cc2s1.Cl. The molecule has 2 aromatic heterocycles. The summed E-state index contributed by atoms with van der Waals surface area (Å²) in [6.45, 7) is 7.03. The normalized spacial score (nSPS) is 11.0. The molecular formula is C19H22ClF2N3OS2. The van der Waals surface area contributed by atoms with E-state index in [1.54, 1.807) is 4.90 Å². The van der Waals surface area contributed by atoms with Gasteiger partial charge in [-0.3, -0.25) is 9.69 Å². The average molecular weight is 446 g/mol. The van der Waals surface area contributed by atoms with Gasteiger partial charge in [-0.25, -0.2) is 13.8 Å². The molecule has 0 aliphatic carbocycles. The minimum Gasteiger partial charge on any atom is -0.302 e. The Bertz CT molecular complexity index is 913. The quantitative estimate of drug-likeness (QED) is 0.491. The molecule has 0 atom stereocenters. The van der Waals surface area contributed by atoms with Gasteiger partial charge in [0.1, 0.15) is 11.3 Å². The highest BCUT2D eigenvalue weighted by molar-refractivity contribution is 7.22. The highest BCUT2D eigenvalue weighted by Crippen LogP contribution is 2.31. The molecule has 3 aromatic rings. The molecule has 2 heterocycles. The van der Waals surface area contributed by atoms with Crippen LogP contribution in [0.15, 0.2) is 29.6 Å². The average Bonchev–Trinajstić information content (AvgIpc) is 3.28. The number of carbonyl (C=O) groups is 1. The zero-order chi connectivity index (χ0) is 19.4. The van der Waals surface area contributed by atoms with Crippen molar-refractivity contribution in [2.45, 2.75) is 20.3 Å². The lowest BCUT2D eigenvalue weighted by molar-refractivity contribution is -0.118. The van der Waals surface area contributed by atoms with Crippen LogP contribution < -0.4 is 4.90 Å². The molecule has 9 heteroatoms. The van der Waals surface area contributed by atoms with Gasteiger partial charge < -0.3 is 4.90 Å². The fourth-order valence-corrected chi connectivity index (χ4v) is 4.57. The van der Waals surface area contributed by atoms with Gasteiger partial charge in [0.25, 0.3) is 0 Å². The molecule has 0 aliphatic rings. The predicted molar refractivity (Wildman–Crippen MR) is 115 cm³/mol. The van der Waals surface area contributed by atoms with Gasteiger partial charge in [-0.15, -0.1) is 23.7 Å². The fraction of sp³-hybridized carbons (Fsp3) is 0.368. The van der Waals surface area contributed by atoms with Crippen molar-refractivity contribution in [1.82, 2.24) is 9.88 Å². The number of amides is 1. The number of carbonyl (C=O) groups excluding carboxylic acids is 1. The van der Waals surface area contributed by atoms with Gasteiger partial charge >= 0.3 is 0 Å². The predicted octanol–water partition coefficient (Wildman–Crippen LogP) is 4.98. The van der Waals surface area contributed by atoms with Crippen molar-refractivity contribution >= 4 is 56.3 Å². The van der Waals surface area contributed by atoms with E-state index in [1.165, 1.54) is 17.4 Å². The van der Waals surface area contributed by atoms with E-state index in [2.05, 4.69) is 23.7 Å². The monoisotopic (exact) mass is 445 g/mol. The molecule has 4 nitrogen and oxygen atoms in total. The lowest BCUT2D eigenvalue weighted by Gasteiger charge is -2.24. The smallest absolute Gasteiger partial charge is 0.234 e. The molecule has 0 unspecified atom stereocenters. The van der Waals surface area contributed by atoms with E-state index in [-0.39, 0.29) is 30.3 Å². The van der Waals surface area contributed by atoms with E-state index >= 15 is 0 Å². The summed E-state index contributed by atoms with van der Waals surface area (Å²) >= 11 is 2.66. The van der Waals surface area contributed by atoms with Crippen LogP contribution in [0.5, 0.6) is 0 Å². The summed E-state index contributed by atoms with van der Waals surface area (Å²) in [6.07, 6.45) is 0.267. The van der Waals surface area contributed by atoms with E-state index in [4.69, 9.17) is 0 Å². The van der Waals surface area contributed by atoms with Crippen molar-refractivity contribution in [3.8, 4) is 0 Å². The lowest BCUT2D eigenvalue weighted by atomic mass is 10.3. The first kappa shape index (κ1) is 22.7. The molecule has 0 bridgehead atoms. The Kier molecular flexibility index (Phi) is 8.30. The molecule has 0 radical (unpaired) electrons. The number of halogens is 3. The lowest BCUT2D eigenvalue weighted by Crippen LogP contribution is -2.39. The molecule has 0 N–H and O–H groups in total. The van der Waals surface area contributed by atoms with E-state index in [9.17, 15) is 13.6 Å². The van der Waals surface area contributed by atoms with Gasteiger partial charge in [0.05, 0.1) is 11.1 Å². The second kappa shape index (κ2) is 10.2. The van der Waals surface area contributed by atoms with Crippen LogP contribution in [0.3, 0.4) is 0 Å². The van der Waals surface area contributed by atoms with E-state index < -0.39 is 11.6 Å². The number of thiazole rings is 1. The number of benzene rings is 1. The van der Waals surface area contributed by atoms with Crippen molar-refractivity contribution in [2.75, 3.05) is 31.1 Å². The zero-order valence-corrected chi connectivity index (χ0v) is 18.1. The van der Waals surface area contributed by atoms with Crippen molar-refractivity contribution in [3.63, 3.8) is 0 Å². The van der Waals surface area contributed by atoms with Crippen molar-refractivity contribution < 1.29 is 13.6 Å². The number of hydrogen-bond acceptors (Lipinski definition) is 5. The number of rotatable bonds is 8. The summed E-state index contributed by atoms with van der Waals surface area (Å²) in [5, 5.41) is 2.34. The first-order valence-corrected chi connectivity index (χ1v) is 10.5. The van der Waals surface area contributed by atoms with E-state index in [1.807, 2.05) is 17.5 Å². The molecule has 1 aromatic carbocycles. The molecule has 0 fully saturated rings. The Morgan fingerprint density at radius 1 is 1.18 bits per heavy atom. The standard InChI is InChI=1S/C19H21F2N3OS2.ClH/c1-3-23(4-2)7-8-24(17(25)12-14-6-5-9-26-14)19-22-18-15(21)10-13(20)11-16(18)27-19;/h5-6,9-11H,3-4,7-8,12H2,1-2H3;1H. The van der Waals surface area contributed by atoms with Gasteiger partial charge in [0.15, 0.2) is 10.9 Å². The molecule has 1 amide bonds. The summed E-state index contributed by atoms with van der Waals surface area (Å²) in [4.78, 5) is 22.0. The number of thiophene rings is 1. The summed E-state index contributed by atoms with van der Waals surface area (Å²) in [5.41, 5.74) is 0.105. The Morgan fingerprint density at radius 2 is 1.93 bits per heavy atom. The Balaban J connectivity index is 0.00000280. The summed E-state index contributed by atoms with van der Waals surface area (Å²) in [5.74, 6) is -1.44. The molecule has 0 saturated carbocycles. The number of aromatic nitrogens is 1. The maximum atomic E-state index is 14.0. The van der Waals surface area contributed by atoms with Crippen LogP contribution in [0.4, 0.5) is 13.9 Å². The van der Waals surface area contributed by atoms with Crippen LogP contribution in [0.2, 0.25) is 0 Å². The Hall–Kier alpha value is -1.61. The molecule has 0 saturated heterocycles. The van der Waals surface area contributed by atoms with Crippen LogP contribution in [-0.4, -0.2) is 42.0 Å². The first-order chi connectivity index (χ1) is 13.0. The van der Waals surface area contributed by atoms with Gasteiger partial charge in [-0.1, -0.05) is 31.3 Å². The Labute approximate surface area is 177 Å². The number of nitrogens with zero attached hydrogens (tertiary/aromatic N) is 3. The van der Waals surface area contributed by atoms with Crippen LogP contribution in [0, 0.1) is 11.6 Å². The molecule has 152 valence electrons. The second-order valence-electron chi connectivity index (χ2n) is 6.06. The molecular weight excluding hydrogens is 424 g/mol. The summed E-state index contributed by atoms with van der Waals surface area (Å²) in [7, 11) is 0. The highest BCUT2D eigenvalue weighted by Gasteiger charge is 2.22. The number of likely N-dealkylation sites (N-methyl/N-ethyl adjacent to an activating group) is 1. The van der Waals surface area contributed by atoms with Gasteiger partial charge in [0, 0.05) is 24.0 Å². The van der Waals surface area contributed by atoms with Crippen molar-refractivity contribution in [2.24, 2.45) is 0 Å². The highest BCUT2D eigenvalue weighted by atomic mass is 35.5. The van der Waals surface area contributed by atoms with Crippen LogP contribution >= 0.6 is 35.1 Å². The number of anilines is 1. The maximum Gasteiger partial charge on any atom is 0.234 e. The van der Waals surface area contributed by atoms with Crippen LogP contribution in [-0.2, 0) is 11.2 Å². The largest absolute Gasteiger partial charge is 0.302 e. The third-order valence-electron chi connectivity index (χ3n) is 4.37. The van der Waals surface area contributed by atoms with E-state index in [0.29, 0.717) is 22.9 Å². The number of hydrogen-bond donors (Lipinski definition) is 0. The van der Waals surface area contributed by atoms with Crippen molar-refractivity contribution in [3.05, 3.63) is 46.2 Å². The third-order valence-corrected chi connectivity index (χ3v) is 6.28. The molecule has 3 rings (SSSR count). The first-order valence-electron chi connectivity index (χ1n) is 8.82. The fourth-order valence-electron chi connectivity index (χ4n) is 2.83. The minimum absolute atomic E-state index is 0. The van der Waals surface area contributed by atoms with Gasteiger partial charge in [0.2, 0.25) is 5.91 Å². The number of fused-ring (bicyclic) bond motifs is 1. The summed E-state index contributed by atoms with van der Waals surface area (Å²) in [6, 6.07) is 5.90. The van der Waals surface area contributed by atoms with Crippen molar-refractivity contribution in [1.29, 1.82) is 0 Å². The van der Waals surface area contributed by atoms with Crippen LogP contribution in [0.1, 0.15) is 18.7 Å². The summed E-state index contributed by atoms with van der Waals surface area (Å²) < 4.78 is 28.0. The van der Waals surface area contributed by atoms with Crippen LogP contribution in [0.25, 0.3) is 10.2 Å².